The van der Waals surface area contributed by atoms with E-state index in [0.717, 1.165) is 25.8 Å². The maximum Gasteiger partial charge on any atom is 0.408 e. The predicted molar refractivity (Wildman–Crippen MR) is 210 cm³/mol. The van der Waals surface area contributed by atoms with Crippen LogP contribution in [-0.4, -0.2) is 42.4 Å². The van der Waals surface area contributed by atoms with Crippen LogP contribution in [0.3, 0.4) is 0 Å². The number of methoxy groups -OCH3 is 1. The predicted octanol–water partition coefficient (Wildman–Crippen LogP) is 10.5. The van der Waals surface area contributed by atoms with Crippen molar-refractivity contribution in [3.8, 4) is 0 Å². The maximum atomic E-state index is 12.8. The van der Waals surface area contributed by atoms with Crippen molar-refractivity contribution in [2.45, 2.75) is 150 Å². The van der Waals surface area contributed by atoms with Crippen molar-refractivity contribution in [1.82, 2.24) is 10.6 Å². The standard InChI is InChI=1S/C46H68N2O4/c1-29(2)32-18-23-46(47-28-45(25-26-45)48-39(50)52-40(3,4)5)27-24-43(9)34(37(32)46)16-17-36-42(8)21-19-33(30-12-14-31(15-13-30)38(49)51-11)41(6,7)35(42)20-22-44(36,43)10/h12-15,19,32,34-37,47H,1,16-18,20-28H2,2-11H3,(H,48,50)/t32-,34+,35-,36+,37+,42-,43+,44+,46-/m0/s1. The van der Waals surface area contributed by atoms with Crippen LogP contribution in [0.2, 0.25) is 0 Å². The number of ether oxygens (including phenoxy) is 2. The number of alkyl carbamates (subject to hydrolysis) is 1. The molecule has 286 valence electrons. The van der Waals surface area contributed by atoms with E-state index in [1.165, 1.54) is 75.2 Å². The van der Waals surface area contributed by atoms with Crippen LogP contribution in [0.25, 0.3) is 5.57 Å². The summed E-state index contributed by atoms with van der Waals surface area (Å²) in [6.07, 6.45) is 15.5. The molecule has 0 spiro atoms. The van der Waals surface area contributed by atoms with E-state index in [9.17, 15) is 9.59 Å². The zero-order chi connectivity index (χ0) is 37.7. The van der Waals surface area contributed by atoms with Crippen LogP contribution in [0.4, 0.5) is 4.79 Å². The Balaban J connectivity index is 1.15. The van der Waals surface area contributed by atoms with Gasteiger partial charge in [0.05, 0.1) is 18.2 Å². The first-order valence-corrected chi connectivity index (χ1v) is 20.6. The average molecular weight is 713 g/mol. The molecule has 6 nitrogen and oxygen atoms in total. The van der Waals surface area contributed by atoms with E-state index in [1.54, 1.807) is 0 Å². The summed E-state index contributed by atoms with van der Waals surface area (Å²) in [4.78, 5) is 25.0. The van der Waals surface area contributed by atoms with E-state index < -0.39 is 5.60 Å². The SMILES string of the molecule is C=C(C)[C@@H]1CC[C@]2(NCC3(NC(=O)OC(C)(C)C)CC3)CC[C@]3(C)[C@H](CC[C@@H]4[C@@]5(C)CC=C(c6ccc(C(=O)OC)cc6)C(C)(C)[C@@H]5CC[C@]43C)[C@@H]12. The molecule has 1 aromatic rings. The highest BCUT2D eigenvalue weighted by atomic mass is 16.6. The van der Waals surface area contributed by atoms with Gasteiger partial charge < -0.3 is 20.1 Å². The Bertz CT molecular complexity index is 1630. The third-order valence-electron chi connectivity index (χ3n) is 16.7. The molecule has 0 bridgehead atoms. The van der Waals surface area contributed by atoms with Crippen molar-refractivity contribution >= 4 is 17.6 Å². The van der Waals surface area contributed by atoms with E-state index >= 15 is 0 Å². The lowest BCUT2D eigenvalue weighted by Gasteiger charge is -2.72. The lowest BCUT2D eigenvalue weighted by Crippen LogP contribution is -2.68. The molecular weight excluding hydrogens is 645 g/mol. The molecule has 0 saturated heterocycles. The Hall–Kier alpha value is -2.60. The molecule has 6 aliphatic rings. The molecular formula is C46H68N2O4. The summed E-state index contributed by atoms with van der Waals surface area (Å²) in [5.74, 6) is 2.77. The van der Waals surface area contributed by atoms with Crippen molar-refractivity contribution in [2.24, 2.45) is 51.2 Å². The number of rotatable bonds is 7. The van der Waals surface area contributed by atoms with Crippen LogP contribution >= 0.6 is 0 Å². The van der Waals surface area contributed by atoms with E-state index in [0.29, 0.717) is 35.2 Å². The number of amides is 1. The van der Waals surface area contributed by atoms with Gasteiger partial charge in [0.2, 0.25) is 0 Å². The molecule has 0 aliphatic heterocycles. The van der Waals surface area contributed by atoms with Gasteiger partial charge >= 0.3 is 12.1 Å². The summed E-state index contributed by atoms with van der Waals surface area (Å²) in [6, 6.07) is 8.10. The lowest BCUT2D eigenvalue weighted by atomic mass is 9.33. The van der Waals surface area contributed by atoms with Crippen LogP contribution in [-0.2, 0) is 9.47 Å². The first-order valence-electron chi connectivity index (χ1n) is 20.6. The Morgan fingerprint density at radius 3 is 2.17 bits per heavy atom. The third kappa shape index (κ3) is 5.82. The first kappa shape index (κ1) is 37.7. The van der Waals surface area contributed by atoms with Gasteiger partial charge in [0.25, 0.3) is 0 Å². The number of carbonyl (C=O) groups is 2. The number of fused-ring (bicyclic) bond motifs is 7. The summed E-state index contributed by atoms with van der Waals surface area (Å²) in [6.45, 7) is 26.6. The second-order valence-electron chi connectivity index (χ2n) is 20.7. The fourth-order valence-electron chi connectivity index (χ4n) is 13.8. The van der Waals surface area contributed by atoms with Gasteiger partial charge in [-0.25, -0.2) is 9.59 Å². The first-order chi connectivity index (χ1) is 24.2. The summed E-state index contributed by atoms with van der Waals surface area (Å²) < 4.78 is 10.7. The normalized spacial score (nSPS) is 39.8. The second kappa shape index (κ2) is 12.5. The van der Waals surface area contributed by atoms with Gasteiger partial charge in [0, 0.05) is 12.1 Å². The van der Waals surface area contributed by atoms with E-state index in [1.807, 2.05) is 32.9 Å². The van der Waals surface area contributed by atoms with Crippen molar-refractivity contribution in [1.29, 1.82) is 0 Å². The zero-order valence-electron chi connectivity index (χ0n) is 34.1. The molecule has 1 amide bonds. The number of benzene rings is 1. The Morgan fingerprint density at radius 1 is 0.865 bits per heavy atom. The molecule has 0 radical (unpaired) electrons. The lowest BCUT2D eigenvalue weighted by molar-refractivity contribution is -0.219. The van der Waals surface area contributed by atoms with Crippen molar-refractivity contribution < 1.29 is 19.1 Å². The van der Waals surface area contributed by atoms with Crippen LogP contribution in [0.1, 0.15) is 149 Å². The molecule has 1 aromatic carbocycles. The fourth-order valence-corrected chi connectivity index (χ4v) is 13.8. The monoisotopic (exact) mass is 713 g/mol. The maximum absolute atomic E-state index is 12.8. The summed E-state index contributed by atoms with van der Waals surface area (Å²) in [5, 5.41) is 7.52. The number of hydrogen-bond acceptors (Lipinski definition) is 5. The minimum atomic E-state index is -0.498. The second-order valence-corrected chi connectivity index (χ2v) is 20.7. The highest BCUT2D eigenvalue weighted by Gasteiger charge is 2.70. The van der Waals surface area contributed by atoms with Gasteiger partial charge in [-0.2, -0.15) is 0 Å². The molecule has 0 unspecified atom stereocenters. The Morgan fingerprint density at radius 2 is 1.56 bits per heavy atom. The highest BCUT2D eigenvalue weighted by molar-refractivity contribution is 5.90. The van der Waals surface area contributed by atoms with Crippen molar-refractivity contribution in [3.63, 3.8) is 0 Å². The molecule has 2 N–H and O–H groups in total. The van der Waals surface area contributed by atoms with Crippen LogP contribution in [0, 0.1) is 51.2 Å². The molecule has 5 fully saturated rings. The van der Waals surface area contributed by atoms with Gasteiger partial charge in [-0.1, -0.05) is 65.0 Å². The Labute approximate surface area is 314 Å². The van der Waals surface area contributed by atoms with Gasteiger partial charge in [-0.3, -0.25) is 0 Å². The minimum Gasteiger partial charge on any atom is -0.465 e. The van der Waals surface area contributed by atoms with Crippen LogP contribution in [0.15, 0.2) is 42.5 Å². The third-order valence-corrected chi connectivity index (χ3v) is 16.7. The topological polar surface area (TPSA) is 76.7 Å². The molecule has 7 rings (SSSR count). The molecule has 6 heteroatoms. The fraction of sp³-hybridized carbons (Fsp3) is 0.739. The minimum absolute atomic E-state index is 0.0348. The number of nitrogens with one attached hydrogen (secondary N) is 2. The summed E-state index contributed by atoms with van der Waals surface area (Å²) >= 11 is 0. The van der Waals surface area contributed by atoms with Gasteiger partial charge in [0.1, 0.15) is 5.60 Å². The molecule has 6 aliphatic carbocycles. The number of esters is 1. The van der Waals surface area contributed by atoms with Gasteiger partial charge in [-0.05, 0) is 173 Å². The van der Waals surface area contributed by atoms with Gasteiger partial charge in [-0.15, -0.1) is 0 Å². The number of allylic oxidation sites excluding steroid dienone is 3. The highest BCUT2D eigenvalue weighted by Crippen LogP contribution is 2.76. The molecule has 9 atom stereocenters. The van der Waals surface area contributed by atoms with E-state index in [2.05, 4.69) is 77.0 Å². The zero-order valence-corrected chi connectivity index (χ0v) is 34.1. The van der Waals surface area contributed by atoms with Crippen LogP contribution < -0.4 is 10.6 Å². The summed E-state index contributed by atoms with van der Waals surface area (Å²) in [5.41, 5.74) is 4.86. The number of carbonyl (C=O) groups excluding carboxylic acids is 2. The molecule has 0 aromatic heterocycles. The van der Waals surface area contributed by atoms with Crippen molar-refractivity contribution in [3.05, 3.63) is 53.6 Å². The van der Waals surface area contributed by atoms with Crippen molar-refractivity contribution in [2.75, 3.05) is 13.7 Å². The van der Waals surface area contributed by atoms with Gasteiger partial charge in [0.15, 0.2) is 0 Å². The largest absolute Gasteiger partial charge is 0.465 e. The molecule has 5 saturated carbocycles. The average Bonchev–Trinajstić information content (AvgIpc) is 3.71. The van der Waals surface area contributed by atoms with E-state index in [4.69, 9.17) is 9.47 Å². The quantitative estimate of drug-likeness (QED) is 0.217. The summed E-state index contributed by atoms with van der Waals surface area (Å²) in [7, 11) is 1.44. The molecule has 0 heterocycles. The van der Waals surface area contributed by atoms with E-state index in [-0.39, 0.29) is 44.8 Å². The molecule has 52 heavy (non-hydrogen) atoms. The Kier molecular flexibility index (Phi) is 9.04. The van der Waals surface area contributed by atoms with Crippen LogP contribution in [0.5, 0.6) is 0 Å². The number of hydrogen-bond donors (Lipinski definition) is 2. The smallest absolute Gasteiger partial charge is 0.408 e.